The van der Waals surface area contributed by atoms with Crippen molar-refractivity contribution < 1.29 is 12.6 Å². The Morgan fingerprint density at radius 3 is 2.54 bits per heavy atom. The molecule has 1 rings (SSSR count). The highest BCUT2D eigenvalue weighted by Gasteiger charge is 2.05. The fourth-order valence-electron chi connectivity index (χ4n) is 0.714. The molecule has 0 heterocycles. The third-order valence-electron chi connectivity index (χ3n) is 1.17. The number of rotatable bonds is 2. The zero-order valence-corrected chi connectivity index (χ0v) is 9.99. The van der Waals surface area contributed by atoms with Crippen LogP contribution in [0, 0.1) is 0 Å². The highest BCUT2D eigenvalue weighted by atomic mass is 79.9. The predicted octanol–water partition coefficient (Wildman–Crippen LogP) is 2.08. The van der Waals surface area contributed by atoms with Gasteiger partial charge in [0.15, 0.2) is 0 Å². The minimum Gasteiger partial charge on any atom is -0.383 e. The fraction of sp³-hybridized carbons (Fsp3) is 0.143. The second-order valence-corrected chi connectivity index (χ2v) is 5.31. The maximum absolute atomic E-state index is 10.7. The first-order valence-corrected chi connectivity index (χ1v) is 6.32. The average molecular weight is 283 g/mol. The largest absolute Gasteiger partial charge is 0.383 e. The number of halogens is 1. The van der Waals surface area contributed by atoms with Gasteiger partial charge in [-0.15, -0.1) is 12.6 Å². The lowest BCUT2D eigenvalue weighted by Crippen LogP contribution is -2.05. The highest BCUT2D eigenvalue weighted by molar-refractivity contribution is 9.10. The van der Waals surface area contributed by atoms with Crippen LogP contribution in [-0.4, -0.2) is 14.7 Å². The molecule has 0 aliphatic carbocycles. The maximum Gasteiger partial charge on any atom is 0.306 e. The molecule has 13 heavy (non-hydrogen) atoms. The summed E-state index contributed by atoms with van der Waals surface area (Å²) in [7, 11) is -3.45. The van der Waals surface area contributed by atoms with E-state index in [-0.39, 0.29) is 5.75 Å². The summed E-state index contributed by atoms with van der Waals surface area (Å²) < 4.78 is 26.8. The van der Waals surface area contributed by atoms with E-state index in [1.165, 1.54) is 6.07 Å². The van der Waals surface area contributed by atoms with Crippen molar-refractivity contribution in [2.45, 2.75) is 4.90 Å². The Balaban J connectivity index is 2.99. The molecule has 0 radical (unpaired) electrons. The van der Waals surface area contributed by atoms with Gasteiger partial charge in [0.1, 0.15) is 5.75 Å². The Hall–Kier alpha value is -0.200. The molecule has 1 aromatic carbocycles. The van der Waals surface area contributed by atoms with Crippen molar-refractivity contribution in [3.63, 3.8) is 0 Å². The van der Waals surface area contributed by atoms with Crippen molar-refractivity contribution in [1.82, 2.24) is 0 Å². The van der Waals surface area contributed by atoms with E-state index in [0.29, 0.717) is 4.47 Å². The van der Waals surface area contributed by atoms with Crippen molar-refractivity contribution in [3.8, 4) is 5.75 Å². The topological polar surface area (TPSA) is 43.4 Å². The van der Waals surface area contributed by atoms with E-state index in [1.807, 2.05) is 0 Å². The Labute approximate surface area is 90.8 Å². The molecule has 0 spiro atoms. The third-order valence-corrected chi connectivity index (χ3v) is 3.01. The van der Waals surface area contributed by atoms with Crippen LogP contribution in [0.1, 0.15) is 0 Å². The molecule has 0 fully saturated rings. The molecule has 3 nitrogen and oxygen atoms in total. The van der Waals surface area contributed by atoms with Crippen molar-refractivity contribution in [1.29, 1.82) is 0 Å². The van der Waals surface area contributed by atoms with Gasteiger partial charge >= 0.3 is 10.1 Å². The minimum atomic E-state index is -3.45. The van der Waals surface area contributed by atoms with Crippen molar-refractivity contribution in [3.05, 3.63) is 22.7 Å². The molecule has 0 aliphatic rings. The molecule has 0 N–H and O–H groups in total. The van der Waals surface area contributed by atoms with Gasteiger partial charge in [-0.25, -0.2) is 0 Å². The van der Waals surface area contributed by atoms with Crippen LogP contribution in [0.2, 0.25) is 0 Å². The predicted molar refractivity (Wildman–Crippen MR) is 56.9 cm³/mol. The summed E-state index contributed by atoms with van der Waals surface area (Å²) in [6.07, 6.45) is 0.996. The number of thiol groups is 1. The SMILES string of the molecule is CS(=O)(=O)Oc1ccc(S)c(Br)c1. The van der Waals surface area contributed by atoms with Gasteiger partial charge in [-0.05, 0) is 34.1 Å². The summed E-state index contributed by atoms with van der Waals surface area (Å²) in [6.45, 7) is 0. The standard InChI is InChI=1S/C7H7BrO3S2/c1-13(9,10)11-5-2-3-7(12)6(8)4-5/h2-4,12H,1H3. The van der Waals surface area contributed by atoms with Gasteiger partial charge < -0.3 is 4.18 Å². The molecule has 6 heteroatoms. The van der Waals surface area contributed by atoms with Gasteiger partial charge in [0.2, 0.25) is 0 Å². The molecule has 0 aromatic heterocycles. The Morgan fingerprint density at radius 2 is 2.08 bits per heavy atom. The molecular weight excluding hydrogens is 276 g/mol. The van der Waals surface area contributed by atoms with Gasteiger partial charge in [0, 0.05) is 9.37 Å². The number of hydrogen-bond acceptors (Lipinski definition) is 4. The van der Waals surface area contributed by atoms with Crippen molar-refractivity contribution >= 4 is 38.7 Å². The van der Waals surface area contributed by atoms with Gasteiger partial charge in [-0.1, -0.05) is 0 Å². The molecular formula is C7H7BrO3S2. The number of hydrogen-bond donors (Lipinski definition) is 1. The quantitative estimate of drug-likeness (QED) is 0.667. The van der Waals surface area contributed by atoms with Crippen LogP contribution < -0.4 is 4.18 Å². The summed E-state index contributed by atoms with van der Waals surface area (Å²) in [5.74, 6) is 0.271. The lowest BCUT2D eigenvalue weighted by atomic mass is 10.3. The first-order chi connectivity index (χ1) is 5.88. The summed E-state index contributed by atoms with van der Waals surface area (Å²) in [6, 6.07) is 4.73. The summed E-state index contributed by atoms with van der Waals surface area (Å²) in [4.78, 5) is 0.723. The summed E-state index contributed by atoms with van der Waals surface area (Å²) in [5, 5.41) is 0. The van der Waals surface area contributed by atoms with E-state index < -0.39 is 10.1 Å². The maximum atomic E-state index is 10.7. The van der Waals surface area contributed by atoms with Gasteiger partial charge in [-0.2, -0.15) is 8.42 Å². The van der Waals surface area contributed by atoms with E-state index in [1.54, 1.807) is 12.1 Å². The number of benzene rings is 1. The first-order valence-electron chi connectivity index (χ1n) is 3.26. The Bertz CT molecular complexity index is 414. The van der Waals surface area contributed by atoms with Crippen LogP contribution in [0.5, 0.6) is 5.75 Å². The molecule has 72 valence electrons. The molecule has 0 saturated carbocycles. The minimum absolute atomic E-state index is 0.271. The van der Waals surface area contributed by atoms with Gasteiger partial charge in [0.05, 0.1) is 6.26 Å². The lowest BCUT2D eigenvalue weighted by Gasteiger charge is -2.03. The van der Waals surface area contributed by atoms with Crippen LogP contribution in [0.3, 0.4) is 0 Å². The second-order valence-electron chi connectivity index (χ2n) is 2.40. The normalized spacial score (nSPS) is 11.3. The first kappa shape index (κ1) is 10.9. The van der Waals surface area contributed by atoms with Crippen LogP contribution in [0.25, 0.3) is 0 Å². The lowest BCUT2D eigenvalue weighted by molar-refractivity contribution is 0.492. The Morgan fingerprint density at radius 1 is 1.46 bits per heavy atom. The van der Waals surface area contributed by atoms with E-state index in [4.69, 9.17) is 0 Å². The van der Waals surface area contributed by atoms with Crippen LogP contribution in [0.15, 0.2) is 27.6 Å². The van der Waals surface area contributed by atoms with E-state index in [0.717, 1.165) is 11.2 Å². The second kappa shape index (κ2) is 3.89. The fourth-order valence-corrected chi connectivity index (χ4v) is 1.66. The molecule has 0 amide bonds. The molecule has 0 atom stereocenters. The van der Waals surface area contributed by atoms with Gasteiger partial charge in [-0.3, -0.25) is 0 Å². The monoisotopic (exact) mass is 282 g/mol. The summed E-state index contributed by atoms with van der Waals surface area (Å²) >= 11 is 7.31. The van der Waals surface area contributed by atoms with Gasteiger partial charge in [0.25, 0.3) is 0 Å². The van der Waals surface area contributed by atoms with Crippen molar-refractivity contribution in [2.24, 2.45) is 0 Å². The smallest absolute Gasteiger partial charge is 0.306 e. The van der Waals surface area contributed by atoms with Crippen molar-refractivity contribution in [2.75, 3.05) is 6.26 Å². The van der Waals surface area contributed by atoms with Crippen LogP contribution >= 0.6 is 28.6 Å². The molecule has 0 saturated heterocycles. The molecule has 0 unspecified atom stereocenters. The molecule has 0 bridgehead atoms. The van der Waals surface area contributed by atoms with E-state index >= 15 is 0 Å². The van der Waals surface area contributed by atoms with E-state index in [9.17, 15) is 8.42 Å². The Kier molecular flexibility index (Phi) is 3.26. The summed E-state index contributed by atoms with van der Waals surface area (Å²) in [5.41, 5.74) is 0. The van der Waals surface area contributed by atoms with E-state index in [2.05, 4.69) is 32.7 Å². The highest BCUT2D eigenvalue weighted by Crippen LogP contribution is 2.25. The zero-order valence-electron chi connectivity index (χ0n) is 6.69. The molecule has 0 aliphatic heterocycles. The third kappa shape index (κ3) is 3.58. The zero-order chi connectivity index (χ0) is 10.1. The average Bonchev–Trinajstić information content (AvgIpc) is 1.94. The van der Waals surface area contributed by atoms with Crippen LogP contribution in [-0.2, 0) is 10.1 Å². The molecule has 1 aromatic rings. The van der Waals surface area contributed by atoms with Crippen LogP contribution in [0.4, 0.5) is 0 Å².